The lowest BCUT2D eigenvalue weighted by Crippen LogP contribution is -2.16. The first-order chi connectivity index (χ1) is 7.49. The van der Waals surface area contributed by atoms with Gasteiger partial charge in [0.15, 0.2) is 0 Å². The summed E-state index contributed by atoms with van der Waals surface area (Å²) in [6.45, 7) is 4.35. The van der Waals surface area contributed by atoms with Crippen LogP contribution in [0.5, 0.6) is 0 Å². The highest BCUT2D eigenvalue weighted by Crippen LogP contribution is 2.25. The molecule has 0 aliphatic rings. The molecule has 1 amide bonds. The van der Waals surface area contributed by atoms with Crippen LogP contribution in [0.2, 0.25) is 5.02 Å². The Kier molecular flexibility index (Phi) is 5.09. The molecule has 0 aliphatic heterocycles. The molecular formula is C11H13BrClNO2. The van der Waals surface area contributed by atoms with Gasteiger partial charge in [-0.15, -0.1) is 0 Å². The van der Waals surface area contributed by atoms with E-state index in [2.05, 4.69) is 21.2 Å². The highest BCUT2D eigenvalue weighted by atomic mass is 79.9. The van der Waals surface area contributed by atoms with Gasteiger partial charge in [-0.05, 0) is 40.0 Å². The monoisotopic (exact) mass is 305 g/mol. The largest absolute Gasteiger partial charge is 0.449 e. The molecule has 0 spiro atoms. The zero-order valence-corrected chi connectivity index (χ0v) is 11.4. The van der Waals surface area contributed by atoms with Crippen LogP contribution in [0.25, 0.3) is 0 Å². The molecule has 0 fully saturated rings. The zero-order chi connectivity index (χ0) is 12.1. The van der Waals surface area contributed by atoms with E-state index in [1.165, 1.54) is 0 Å². The molecule has 1 N–H and O–H groups in total. The summed E-state index contributed by atoms with van der Waals surface area (Å²) in [7, 11) is 0. The van der Waals surface area contributed by atoms with E-state index >= 15 is 0 Å². The Bertz CT molecular complexity index is 382. The maximum absolute atomic E-state index is 11.3. The van der Waals surface area contributed by atoms with Crippen molar-refractivity contribution in [1.82, 2.24) is 0 Å². The lowest BCUT2D eigenvalue weighted by molar-refractivity contribution is 0.147. The van der Waals surface area contributed by atoms with Crippen molar-refractivity contribution in [2.45, 2.75) is 13.8 Å². The first-order valence-electron chi connectivity index (χ1n) is 4.88. The topological polar surface area (TPSA) is 38.3 Å². The normalized spacial score (nSPS) is 10.3. The molecule has 88 valence electrons. The van der Waals surface area contributed by atoms with Gasteiger partial charge in [-0.1, -0.05) is 25.4 Å². The van der Waals surface area contributed by atoms with Crippen LogP contribution in [0.4, 0.5) is 10.5 Å². The molecule has 0 heterocycles. The van der Waals surface area contributed by atoms with E-state index in [1.54, 1.807) is 18.2 Å². The highest BCUT2D eigenvalue weighted by molar-refractivity contribution is 9.10. The highest BCUT2D eigenvalue weighted by Gasteiger charge is 2.05. The van der Waals surface area contributed by atoms with Crippen molar-refractivity contribution in [3.63, 3.8) is 0 Å². The minimum absolute atomic E-state index is 0.319. The second-order valence-corrected chi connectivity index (χ2v) is 5.01. The lowest BCUT2D eigenvalue weighted by atomic mass is 10.2. The number of benzene rings is 1. The van der Waals surface area contributed by atoms with E-state index in [4.69, 9.17) is 16.3 Å². The number of rotatable bonds is 3. The average molecular weight is 307 g/mol. The first kappa shape index (κ1) is 13.3. The van der Waals surface area contributed by atoms with Crippen molar-refractivity contribution >= 4 is 39.3 Å². The summed E-state index contributed by atoms with van der Waals surface area (Å²) >= 11 is 9.16. The molecular weight excluding hydrogens is 293 g/mol. The van der Waals surface area contributed by atoms with E-state index in [9.17, 15) is 4.79 Å². The third-order valence-corrected chi connectivity index (χ3v) is 2.95. The molecule has 5 heteroatoms. The van der Waals surface area contributed by atoms with Gasteiger partial charge >= 0.3 is 6.09 Å². The molecule has 1 aromatic carbocycles. The van der Waals surface area contributed by atoms with E-state index in [-0.39, 0.29) is 0 Å². The lowest BCUT2D eigenvalue weighted by Gasteiger charge is -2.09. The van der Waals surface area contributed by atoms with Crippen LogP contribution in [0.1, 0.15) is 13.8 Å². The van der Waals surface area contributed by atoms with Crippen molar-refractivity contribution in [3.8, 4) is 0 Å². The number of ether oxygens (including phenoxy) is 1. The number of nitrogens with one attached hydrogen (secondary N) is 1. The smallest absolute Gasteiger partial charge is 0.411 e. The molecule has 1 rings (SSSR count). The molecule has 1 aromatic rings. The summed E-state index contributed by atoms with van der Waals surface area (Å²) in [6, 6.07) is 5.16. The molecule has 0 aliphatic carbocycles. The van der Waals surface area contributed by atoms with Crippen LogP contribution in [-0.2, 0) is 4.74 Å². The van der Waals surface area contributed by atoms with E-state index in [0.29, 0.717) is 23.2 Å². The zero-order valence-electron chi connectivity index (χ0n) is 9.09. The number of carbonyl (C=O) groups is 1. The summed E-state index contributed by atoms with van der Waals surface area (Å²) in [5, 5.41) is 3.14. The molecule has 0 radical (unpaired) electrons. The van der Waals surface area contributed by atoms with Crippen LogP contribution in [0.15, 0.2) is 22.7 Å². The second kappa shape index (κ2) is 6.11. The molecule has 0 aromatic heterocycles. The van der Waals surface area contributed by atoms with Crippen LogP contribution < -0.4 is 5.32 Å². The fourth-order valence-corrected chi connectivity index (χ4v) is 1.40. The van der Waals surface area contributed by atoms with E-state index < -0.39 is 6.09 Å². The molecule has 0 unspecified atom stereocenters. The van der Waals surface area contributed by atoms with Crippen molar-refractivity contribution in [3.05, 3.63) is 27.7 Å². The quantitative estimate of drug-likeness (QED) is 0.904. The summed E-state index contributed by atoms with van der Waals surface area (Å²) in [6.07, 6.45) is -0.466. The van der Waals surface area contributed by atoms with Gasteiger partial charge in [0, 0.05) is 10.2 Å². The average Bonchev–Trinajstić information content (AvgIpc) is 2.21. The number of anilines is 1. The predicted octanol–water partition coefficient (Wildman–Crippen LogP) is 4.31. The summed E-state index contributed by atoms with van der Waals surface area (Å²) in [4.78, 5) is 11.3. The Hall–Kier alpha value is -0.740. The van der Waals surface area contributed by atoms with Crippen molar-refractivity contribution in [2.24, 2.45) is 5.92 Å². The number of amides is 1. The number of hydrogen-bond donors (Lipinski definition) is 1. The van der Waals surface area contributed by atoms with Gasteiger partial charge < -0.3 is 4.74 Å². The Morgan fingerprint density at radius 2 is 2.25 bits per heavy atom. The molecule has 0 saturated heterocycles. The Morgan fingerprint density at radius 1 is 1.56 bits per heavy atom. The van der Waals surface area contributed by atoms with Gasteiger partial charge in [0.25, 0.3) is 0 Å². The number of carbonyl (C=O) groups excluding carboxylic acids is 1. The minimum atomic E-state index is -0.466. The number of halogens is 2. The van der Waals surface area contributed by atoms with Crippen LogP contribution in [-0.4, -0.2) is 12.7 Å². The third kappa shape index (κ3) is 4.41. The first-order valence-corrected chi connectivity index (χ1v) is 6.05. The van der Waals surface area contributed by atoms with Gasteiger partial charge in [-0.2, -0.15) is 0 Å². The second-order valence-electron chi connectivity index (χ2n) is 3.75. The molecule has 0 bridgehead atoms. The van der Waals surface area contributed by atoms with E-state index in [1.807, 2.05) is 13.8 Å². The van der Waals surface area contributed by atoms with Crippen molar-refractivity contribution in [1.29, 1.82) is 0 Å². The van der Waals surface area contributed by atoms with Crippen LogP contribution >= 0.6 is 27.5 Å². The Balaban J connectivity index is 2.53. The Morgan fingerprint density at radius 3 is 2.81 bits per heavy atom. The predicted molar refractivity (Wildman–Crippen MR) is 69.0 cm³/mol. The van der Waals surface area contributed by atoms with Gasteiger partial charge in [0.05, 0.1) is 11.6 Å². The summed E-state index contributed by atoms with van der Waals surface area (Å²) < 4.78 is 5.76. The van der Waals surface area contributed by atoms with Crippen LogP contribution in [0.3, 0.4) is 0 Å². The maximum Gasteiger partial charge on any atom is 0.411 e. The fourth-order valence-electron chi connectivity index (χ4n) is 0.970. The maximum atomic E-state index is 11.3. The minimum Gasteiger partial charge on any atom is -0.449 e. The van der Waals surface area contributed by atoms with Crippen LogP contribution in [0, 0.1) is 5.92 Å². The summed E-state index contributed by atoms with van der Waals surface area (Å²) in [5.41, 5.74) is 0.613. The third-order valence-electron chi connectivity index (χ3n) is 1.71. The molecule has 16 heavy (non-hydrogen) atoms. The Labute approximate surface area is 108 Å². The molecule has 3 nitrogen and oxygen atoms in total. The van der Waals surface area contributed by atoms with Gasteiger partial charge in [0.1, 0.15) is 0 Å². The molecule has 0 atom stereocenters. The summed E-state index contributed by atoms with van der Waals surface area (Å²) in [5.74, 6) is 0.319. The number of hydrogen-bond acceptors (Lipinski definition) is 2. The SMILES string of the molecule is CC(C)COC(=O)Nc1ccc(Br)c(Cl)c1. The van der Waals surface area contributed by atoms with Gasteiger partial charge in [0.2, 0.25) is 0 Å². The molecule has 0 saturated carbocycles. The van der Waals surface area contributed by atoms with Gasteiger partial charge in [-0.3, -0.25) is 5.32 Å². The van der Waals surface area contributed by atoms with Crippen molar-refractivity contribution < 1.29 is 9.53 Å². The van der Waals surface area contributed by atoms with E-state index in [0.717, 1.165) is 4.47 Å². The van der Waals surface area contributed by atoms with Crippen molar-refractivity contribution in [2.75, 3.05) is 11.9 Å². The fraction of sp³-hybridized carbons (Fsp3) is 0.364. The van der Waals surface area contributed by atoms with Gasteiger partial charge in [-0.25, -0.2) is 4.79 Å². The standard InChI is InChI=1S/C11H13BrClNO2/c1-7(2)6-16-11(15)14-8-3-4-9(12)10(13)5-8/h3-5,7H,6H2,1-2H3,(H,14,15).